The Labute approximate surface area is 113 Å². The summed E-state index contributed by atoms with van der Waals surface area (Å²) in [6, 6.07) is 2.30. The molecule has 1 aromatic heterocycles. The fraction of sp³-hybridized carbons (Fsp3) is 0.615. The predicted molar refractivity (Wildman–Crippen MR) is 72.1 cm³/mol. The molecule has 1 fully saturated rings. The lowest BCUT2D eigenvalue weighted by atomic mass is 10.2. The third kappa shape index (κ3) is 3.41. The zero-order chi connectivity index (χ0) is 13.7. The number of likely N-dealkylation sites (N-methyl/N-ethyl adjacent to an activating group) is 1. The number of ether oxygens (including phenoxy) is 1. The van der Waals surface area contributed by atoms with E-state index in [1.807, 2.05) is 0 Å². The van der Waals surface area contributed by atoms with Gasteiger partial charge in [0.25, 0.3) is 0 Å². The molecule has 0 amide bonds. The molecule has 1 saturated heterocycles. The lowest BCUT2D eigenvalue weighted by Gasteiger charge is -2.23. The molecule has 2 heterocycles. The highest BCUT2D eigenvalue weighted by Gasteiger charge is 2.22. The van der Waals surface area contributed by atoms with Crippen LogP contribution in [-0.4, -0.2) is 53.6 Å². The minimum absolute atomic E-state index is 0.0891. The van der Waals surface area contributed by atoms with Gasteiger partial charge in [-0.1, -0.05) is 6.92 Å². The molecule has 1 atom stereocenters. The van der Waals surface area contributed by atoms with E-state index in [0.29, 0.717) is 11.9 Å². The van der Waals surface area contributed by atoms with Crippen molar-refractivity contribution in [3.8, 4) is 0 Å². The lowest BCUT2D eigenvalue weighted by Crippen LogP contribution is -2.34. The van der Waals surface area contributed by atoms with Crippen LogP contribution in [0.5, 0.6) is 0 Å². The summed E-state index contributed by atoms with van der Waals surface area (Å²) in [6.45, 7) is 5.26. The molecule has 0 radical (unpaired) electrons. The van der Waals surface area contributed by atoms with E-state index in [9.17, 15) is 4.79 Å². The maximum atomic E-state index is 11.3. The second-order valence-electron chi connectivity index (χ2n) is 4.56. The van der Waals surface area contributed by atoms with Crippen molar-refractivity contribution in [1.82, 2.24) is 14.9 Å². The van der Waals surface area contributed by atoms with Gasteiger partial charge in [0.2, 0.25) is 5.82 Å². The summed E-state index contributed by atoms with van der Waals surface area (Å²) in [7, 11) is 1.32. The maximum absolute atomic E-state index is 11.3. The van der Waals surface area contributed by atoms with Crippen LogP contribution in [-0.2, 0) is 4.74 Å². The molecule has 1 aromatic rings. The minimum atomic E-state index is -0.514. The van der Waals surface area contributed by atoms with E-state index in [2.05, 4.69) is 31.8 Å². The first-order chi connectivity index (χ1) is 9.24. The highest BCUT2D eigenvalue weighted by molar-refractivity contribution is 5.85. The van der Waals surface area contributed by atoms with Gasteiger partial charge in [0.1, 0.15) is 5.82 Å². The number of anilines is 1. The first-order valence-corrected chi connectivity index (χ1v) is 6.64. The van der Waals surface area contributed by atoms with Crippen molar-refractivity contribution < 1.29 is 9.53 Å². The van der Waals surface area contributed by atoms with Crippen LogP contribution in [0.2, 0.25) is 0 Å². The van der Waals surface area contributed by atoms with Crippen molar-refractivity contribution in [2.75, 3.05) is 32.1 Å². The Morgan fingerprint density at radius 1 is 1.63 bits per heavy atom. The summed E-state index contributed by atoms with van der Waals surface area (Å²) >= 11 is 0. The van der Waals surface area contributed by atoms with Crippen molar-refractivity contribution >= 4 is 11.8 Å². The number of carbonyl (C=O) groups is 1. The van der Waals surface area contributed by atoms with Gasteiger partial charge in [-0.05, 0) is 32.0 Å². The van der Waals surface area contributed by atoms with E-state index < -0.39 is 5.97 Å². The Balaban J connectivity index is 1.94. The SMILES string of the molecule is CCN1CCCC1CNc1ccnc(C(=O)OC)n1. The molecule has 0 aliphatic carbocycles. The molecule has 0 spiro atoms. The quantitative estimate of drug-likeness (QED) is 0.805. The number of hydrogen-bond acceptors (Lipinski definition) is 6. The number of likely N-dealkylation sites (tertiary alicyclic amines) is 1. The third-order valence-corrected chi connectivity index (χ3v) is 3.45. The highest BCUT2D eigenvalue weighted by Crippen LogP contribution is 2.17. The Hall–Kier alpha value is -1.69. The Kier molecular flexibility index (Phi) is 4.68. The first-order valence-electron chi connectivity index (χ1n) is 6.64. The number of rotatable bonds is 5. The zero-order valence-electron chi connectivity index (χ0n) is 11.4. The monoisotopic (exact) mass is 264 g/mol. The standard InChI is InChI=1S/C13H20N4O2/c1-3-17-8-4-5-10(17)9-15-11-6-7-14-12(16-11)13(18)19-2/h6-7,10H,3-5,8-9H2,1-2H3,(H,14,15,16). The molecule has 1 N–H and O–H groups in total. The lowest BCUT2D eigenvalue weighted by molar-refractivity contribution is 0.0587. The van der Waals surface area contributed by atoms with Crippen LogP contribution in [0.1, 0.15) is 30.4 Å². The molecule has 0 aromatic carbocycles. The average molecular weight is 264 g/mol. The number of esters is 1. The predicted octanol–water partition coefficient (Wildman–Crippen LogP) is 1.16. The van der Waals surface area contributed by atoms with E-state index in [-0.39, 0.29) is 5.82 Å². The van der Waals surface area contributed by atoms with Gasteiger partial charge in [-0.25, -0.2) is 14.8 Å². The zero-order valence-corrected chi connectivity index (χ0v) is 11.4. The first kappa shape index (κ1) is 13.7. The Morgan fingerprint density at radius 2 is 2.47 bits per heavy atom. The Bertz CT molecular complexity index is 438. The average Bonchev–Trinajstić information content (AvgIpc) is 2.92. The molecular weight excluding hydrogens is 244 g/mol. The summed E-state index contributed by atoms with van der Waals surface area (Å²) in [5.74, 6) is 0.240. The van der Waals surface area contributed by atoms with Crippen LogP contribution >= 0.6 is 0 Å². The van der Waals surface area contributed by atoms with E-state index in [0.717, 1.165) is 13.1 Å². The van der Waals surface area contributed by atoms with Gasteiger partial charge >= 0.3 is 5.97 Å². The van der Waals surface area contributed by atoms with Crippen LogP contribution in [0.15, 0.2) is 12.3 Å². The van der Waals surface area contributed by atoms with E-state index >= 15 is 0 Å². The second-order valence-corrected chi connectivity index (χ2v) is 4.56. The van der Waals surface area contributed by atoms with Crippen LogP contribution in [0.25, 0.3) is 0 Å². The molecule has 6 heteroatoms. The number of nitrogens with one attached hydrogen (secondary N) is 1. The van der Waals surface area contributed by atoms with Gasteiger partial charge in [0.15, 0.2) is 0 Å². The fourth-order valence-corrected chi connectivity index (χ4v) is 2.41. The molecule has 1 aliphatic heterocycles. The van der Waals surface area contributed by atoms with Gasteiger partial charge < -0.3 is 10.1 Å². The van der Waals surface area contributed by atoms with Gasteiger partial charge in [-0.3, -0.25) is 4.90 Å². The molecule has 2 rings (SSSR count). The van der Waals surface area contributed by atoms with Crippen LogP contribution in [0.3, 0.4) is 0 Å². The van der Waals surface area contributed by atoms with E-state index in [1.54, 1.807) is 12.3 Å². The van der Waals surface area contributed by atoms with Gasteiger partial charge in [0.05, 0.1) is 7.11 Å². The van der Waals surface area contributed by atoms with Crippen molar-refractivity contribution in [2.45, 2.75) is 25.8 Å². The highest BCUT2D eigenvalue weighted by atomic mass is 16.5. The normalized spacial score (nSPS) is 19.4. The topological polar surface area (TPSA) is 67.4 Å². The van der Waals surface area contributed by atoms with E-state index in [4.69, 9.17) is 0 Å². The fourth-order valence-electron chi connectivity index (χ4n) is 2.41. The van der Waals surface area contributed by atoms with E-state index in [1.165, 1.54) is 26.5 Å². The minimum Gasteiger partial charge on any atom is -0.463 e. The summed E-state index contributed by atoms with van der Waals surface area (Å²) < 4.78 is 4.60. The van der Waals surface area contributed by atoms with Crippen LogP contribution in [0, 0.1) is 0 Å². The number of nitrogens with zero attached hydrogens (tertiary/aromatic N) is 3. The Morgan fingerprint density at radius 3 is 3.21 bits per heavy atom. The smallest absolute Gasteiger partial charge is 0.376 e. The number of carbonyl (C=O) groups excluding carboxylic acids is 1. The van der Waals surface area contributed by atoms with Crippen molar-refractivity contribution in [3.63, 3.8) is 0 Å². The number of methoxy groups -OCH3 is 1. The molecule has 1 unspecified atom stereocenters. The summed E-state index contributed by atoms with van der Waals surface area (Å²) in [6.07, 6.45) is 4.01. The van der Waals surface area contributed by atoms with Gasteiger partial charge in [0, 0.05) is 18.8 Å². The second kappa shape index (κ2) is 6.47. The van der Waals surface area contributed by atoms with Crippen molar-refractivity contribution in [3.05, 3.63) is 18.1 Å². The molecule has 19 heavy (non-hydrogen) atoms. The third-order valence-electron chi connectivity index (χ3n) is 3.45. The van der Waals surface area contributed by atoms with Crippen molar-refractivity contribution in [2.24, 2.45) is 0 Å². The molecule has 0 bridgehead atoms. The van der Waals surface area contributed by atoms with Crippen LogP contribution in [0.4, 0.5) is 5.82 Å². The molecular formula is C13H20N4O2. The number of aromatic nitrogens is 2. The summed E-state index contributed by atoms with van der Waals surface area (Å²) in [5, 5.41) is 3.27. The molecule has 1 aliphatic rings. The largest absolute Gasteiger partial charge is 0.463 e. The number of hydrogen-bond donors (Lipinski definition) is 1. The molecule has 104 valence electrons. The van der Waals surface area contributed by atoms with Crippen LogP contribution < -0.4 is 5.32 Å². The summed E-state index contributed by atoms with van der Waals surface area (Å²) in [5.41, 5.74) is 0. The maximum Gasteiger partial charge on any atom is 0.376 e. The summed E-state index contributed by atoms with van der Waals surface area (Å²) in [4.78, 5) is 21.8. The molecule has 6 nitrogen and oxygen atoms in total. The molecule has 0 saturated carbocycles. The van der Waals surface area contributed by atoms with Gasteiger partial charge in [-0.15, -0.1) is 0 Å². The van der Waals surface area contributed by atoms with Crippen molar-refractivity contribution in [1.29, 1.82) is 0 Å². The van der Waals surface area contributed by atoms with Gasteiger partial charge in [-0.2, -0.15) is 0 Å².